The number of nitrogens with zero attached hydrogens (tertiary/aromatic N) is 1. The van der Waals surface area contributed by atoms with Crippen LogP contribution in [0.5, 0.6) is 0 Å². The molecule has 0 aliphatic carbocycles. The Kier molecular flexibility index (Phi) is 10.0. The van der Waals surface area contributed by atoms with E-state index in [1.165, 1.54) is 38.8 Å². The summed E-state index contributed by atoms with van der Waals surface area (Å²) in [6.45, 7) is 12.1. The first-order valence-electron chi connectivity index (χ1n) is 6.82. The Morgan fingerprint density at radius 3 is 2.12 bits per heavy atom. The number of unbranched alkanes of at least 4 members (excludes halogenated alkanes) is 1. The number of ether oxygens (including phenoxy) is 1. The maximum Gasteiger partial charge on any atom is 0.0518 e. The van der Waals surface area contributed by atoms with Crippen LogP contribution in [0, 0.1) is 5.92 Å². The summed E-state index contributed by atoms with van der Waals surface area (Å²) in [4.78, 5) is 2.44. The summed E-state index contributed by atoms with van der Waals surface area (Å²) in [6.07, 6.45) is 5.50. The average molecular weight is 229 g/mol. The quantitative estimate of drug-likeness (QED) is 0.531. The molecule has 0 saturated heterocycles. The standard InChI is InChI=1S/C14H31NO/c1-13(2)9-8-11-15(5)10-6-7-12-16-14(3)4/h13-14H,6-12H2,1-5H3. The fraction of sp³-hybridized carbons (Fsp3) is 1.00. The van der Waals surface area contributed by atoms with E-state index in [-0.39, 0.29) is 0 Å². The highest BCUT2D eigenvalue weighted by Gasteiger charge is 2.00. The molecule has 0 fully saturated rings. The predicted molar refractivity (Wildman–Crippen MR) is 71.9 cm³/mol. The van der Waals surface area contributed by atoms with Crippen LogP contribution in [-0.4, -0.2) is 37.7 Å². The molecule has 0 aromatic rings. The summed E-state index contributed by atoms with van der Waals surface area (Å²) in [5.74, 6) is 0.841. The Morgan fingerprint density at radius 2 is 1.56 bits per heavy atom. The lowest BCUT2D eigenvalue weighted by Gasteiger charge is -2.17. The smallest absolute Gasteiger partial charge is 0.0518 e. The van der Waals surface area contributed by atoms with Crippen molar-refractivity contribution >= 4 is 0 Å². The van der Waals surface area contributed by atoms with E-state index in [9.17, 15) is 0 Å². The van der Waals surface area contributed by atoms with Crippen LogP contribution in [0.2, 0.25) is 0 Å². The van der Waals surface area contributed by atoms with Crippen LogP contribution < -0.4 is 0 Å². The summed E-state index contributed by atoms with van der Waals surface area (Å²) < 4.78 is 5.52. The van der Waals surface area contributed by atoms with Gasteiger partial charge in [-0.25, -0.2) is 0 Å². The monoisotopic (exact) mass is 229 g/mol. The van der Waals surface area contributed by atoms with E-state index in [0.717, 1.165) is 12.5 Å². The third-order valence-corrected chi connectivity index (χ3v) is 2.71. The van der Waals surface area contributed by atoms with Gasteiger partial charge in [0.1, 0.15) is 0 Å². The molecule has 0 aromatic heterocycles. The minimum absolute atomic E-state index is 0.378. The molecule has 0 amide bonds. The highest BCUT2D eigenvalue weighted by Crippen LogP contribution is 2.04. The first-order valence-corrected chi connectivity index (χ1v) is 6.82. The molecule has 0 spiro atoms. The van der Waals surface area contributed by atoms with Crippen molar-refractivity contribution in [1.82, 2.24) is 4.90 Å². The lowest BCUT2D eigenvalue weighted by atomic mass is 10.1. The van der Waals surface area contributed by atoms with Gasteiger partial charge in [-0.3, -0.25) is 0 Å². The zero-order chi connectivity index (χ0) is 12.4. The van der Waals surface area contributed by atoms with Crippen molar-refractivity contribution in [1.29, 1.82) is 0 Å². The van der Waals surface area contributed by atoms with Crippen LogP contribution in [-0.2, 0) is 4.74 Å². The van der Waals surface area contributed by atoms with Gasteiger partial charge in [-0.2, -0.15) is 0 Å². The van der Waals surface area contributed by atoms with E-state index in [0.29, 0.717) is 6.10 Å². The van der Waals surface area contributed by atoms with Gasteiger partial charge in [0.05, 0.1) is 6.10 Å². The molecule has 2 heteroatoms. The molecule has 2 nitrogen and oxygen atoms in total. The van der Waals surface area contributed by atoms with Crippen LogP contribution in [0.1, 0.15) is 53.4 Å². The molecule has 0 N–H and O–H groups in total. The average Bonchev–Trinajstić information content (AvgIpc) is 2.16. The fourth-order valence-corrected chi connectivity index (χ4v) is 1.68. The lowest BCUT2D eigenvalue weighted by Crippen LogP contribution is -2.21. The molecule has 16 heavy (non-hydrogen) atoms. The van der Waals surface area contributed by atoms with Gasteiger partial charge in [-0.1, -0.05) is 13.8 Å². The third kappa shape index (κ3) is 12.0. The minimum atomic E-state index is 0.378. The van der Waals surface area contributed by atoms with E-state index >= 15 is 0 Å². The van der Waals surface area contributed by atoms with Gasteiger partial charge in [0.25, 0.3) is 0 Å². The molecule has 0 heterocycles. The molecule has 0 rings (SSSR count). The van der Waals surface area contributed by atoms with E-state index in [1.54, 1.807) is 0 Å². The molecular formula is C14H31NO. The van der Waals surface area contributed by atoms with Crippen molar-refractivity contribution < 1.29 is 4.74 Å². The third-order valence-electron chi connectivity index (χ3n) is 2.71. The highest BCUT2D eigenvalue weighted by molar-refractivity contribution is 4.54. The SMILES string of the molecule is CC(C)CCCN(C)CCCCOC(C)C. The van der Waals surface area contributed by atoms with Crippen molar-refractivity contribution in [3.8, 4) is 0 Å². The van der Waals surface area contributed by atoms with E-state index in [2.05, 4.69) is 39.6 Å². The van der Waals surface area contributed by atoms with Crippen LogP contribution in [0.4, 0.5) is 0 Å². The second-order valence-corrected chi connectivity index (χ2v) is 5.47. The first kappa shape index (κ1) is 15.9. The minimum Gasteiger partial charge on any atom is -0.379 e. The number of hydrogen-bond donors (Lipinski definition) is 0. The maximum atomic E-state index is 5.52. The Hall–Kier alpha value is -0.0800. The maximum absolute atomic E-state index is 5.52. The predicted octanol–water partition coefficient (Wildman–Crippen LogP) is 3.56. The normalized spacial score (nSPS) is 12.0. The zero-order valence-corrected chi connectivity index (χ0v) is 12.0. The molecular weight excluding hydrogens is 198 g/mol. The van der Waals surface area contributed by atoms with E-state index < -0.39 is 0 Å². The van der Waals surface area contributed by atoms with Crippen LogP contribution >= 0.6 is 0 Å². The summed E-state index contributed by atoms with van der Waals surface area (Å²) in [6, 6.07) is 0. The molecule has 0 aromatic carbocycles. The molecule has 0 unspecified atom stereocenters. The first-order chi connectivity index (χ1) is 7.52. The van der Waals surface area contributed by atoms with Crippen molar-refractivity contribution in [2.45, 2.75) is 59.5 Å². The Labute approximate surface area is 102 Å². The van der Waals surface area contributed by atoms with E-state index in [4.69, 9.17) is 4.74 Å². The molecule has 0 aliphatic heterocycles. The van der Waals surface area contributed by atoms with Gasteiger partial charge in [0.2, 0.25) is 0 Å². The summed E-state index contributed by atoms with van der Waals surface area (Å²) >= 11 is 0. The molecule has 0 aliphatic rings. The molecule has 98 valence electrons. The molecule has 0 atom stereocenters. The Balaban J connectivity index is 3.20. The van der Waals surface area contributed by atoms with Gasteiger partial charge >= 0.3 is 0 Å². The lowest BCUT2D eigenvalue weighted by molar-refractivity contribution is 0.0746. The molecule has 0 saturated carbocycles. The molecule has 0 radical (unpaired) electrons. The molecule has 0 bridgehead atoms. The Bertz CT molecular complexity index is 146. The van der Waals surface area contributed by atoms with Gasteiger partial charge in [-0.15, -0.1) is 0 Å². The second kappa shape index (κ2) is 10.1. The number of hydrogen-bond acceptors (Lipinski definition) is 2. The fourth-order valence-electron chi connectivity index (χ4n) is 1.68. The van der Waals surface area contributed by atoms with Crippen LogP contribution in [0.25, 0.3) is 0 Å². The van der Waals surface area contributed by atoms with Crippen molar-refractivity contribution in [3.63, 3.8) is 0 Å². The van der Waals surface area contributed by atoms with Gasteiger partial charge in [0.15, 0.2) is 0 Å². The van der Waals surface area contributed by atoms with Gasteiger partial charge in [0, 0.05) is 6.61 Å². The topological polar surface area (TPSA) is 12.5 Å². The highest BCUT2D eigenvalue weighted by atomic mass is 16.5. The van der Waals surface area contributed by atoms with Gasteiger partial charge < -0.3 is 9.64 Å². The van der Waals surface area contributed by atoms with Crippen molar-refractivity contribution in [2.75, 3.05) is 26.7 Å². The van der Waals surface area contributed by atoms with Crippen molar-refractivity contribution in [2.24, 2.45) is 5.92 Å². The van der Waals surface area contributed by atoms with Crippen molar-refractivity contribution in [3.05, 3.63) is 0 Å². The largest absolute Gasteiger partial charge is 0.379 e. The summed E-state index contributed by atoms with van der Waals surface area (Å²) in [7, 11) is 2.23. The van der Waals surface area contributed by atoms with E-state index in [1.807, 2.05) is 0 Å². The zero-order valence-electron chi connectivity index (χ0n) is 12.0. The van der Waals surface area contributed by atoms with Crippen LogP contribution in [0.3, 0.4) is 0 Å². The summed E-state index contributed by atoms with van der Waals surface area (Å²) in [5.41, 5.74) is 0. The van der Waals surface area contributed by atoms with Gasteiger partial charge in [-0.05, 0) is 65.6 Å². The second-order valence-electron chi connectivity index (χ2n) is 5.47. The summed E-state index contributed by atoms with van der Waals surface area (Å²) in [5, 5.41) is 0. The number of rotatable bonds is 10. The van der Waals surface area contributed by atoms with Crippen LogP contribution in [0.15, 0.2) is 0 Å². The Morgan fingerprint density at radius 1 is 0.938 bits per heavy atom.